The molecule has 1 N–H and O–H groups in total. The second kappa shape index (κ2) is 48.5. The smallest absolute Gasteiger partial charge is 0.361 e. The van der Waals surface area contributed by atoms with Crippen LogP contribution >= 0.6 is 0 Å². The van der Waals surface area contributed by atoms with E-state index in [2.05, 4.69) is 26.0 Å². The zero-order chi connectivity index (χ0) is 47.7. The molecule has 0 bridgehead atoms. The summed E-state index contributed by atoms with van der Waals surface area (Å²) in [5.41, 5.74) is 0. The molecule has 0 heterocycles. The van der Waals surface area contributed by atoms with Crippen molar-refractivity contribution in [2.24, 2.45) is 0 Å². The van der Waals surface area contributed by atoms with Crippen LogP contribution in [0.3, 0.4) is 0 Å². The highest BCUT2D eigenvalue weighted by atomic mass is 16.7. The van der Waals surface area contributed by atoms with Crippen LogP contribution in [-0.2, 0) is 33.3 Å². The lowest BCUT2D eigenvalue weighted by Gasteiger charge is -2.25. The maximum Gasteiger partial charge on any atom is 0.361 e. The number of nitrogens with zero attached hydrogens (tertiary/aromatic N) is 1. The number of carboxylic acid groups (broad SMARTS) is 1. The van der Waals surface area contributed by atoms with Gasteiger partial charge in [-0.3, -0.25) is 9.59 Å². The lowest BCUT2D eigenvalue weighted by molar-refractivity contribution is -0.870. The average molecular weight is 923 g/mol. The lowest BCUT2D eigenvalue weighted by Crippen LogP contribution is -2.40. The predicted molar refractivity (Wildman–Crippen MR) is 272 cm³/mol. The minimum atomic E-state index is -1.51. The first-order chi connectivity index (χ1) is 31.6. The highest BCUT2D eigenvalue weighted by Crippen LogP contribution is 2.17. The Kier molecular flexibility index (Phi) is 47.0. The van der Waals surface area contributed by atoms with Gasteiger partial charge in [0.1, 0.15) is 13.2 Å². The maximum atomic E-state index is 12.8. The van der Waals surface area contributed by atoms with Crippen LogP contribution in [0.5, 0.6) is 0 Å². The topological polar surface area (TPSA) is 108 Å². The van der Waals surface area contributed by atoms with Crippen molar-refractivity contribution in [3.8, 4) is 0 Å². The van der Waals surface area contributed by atoms with Crippen molar-refractivity contribution in [2.75, 3.05) is 47.5 Å². The molecule has 384 valence electrons. The van der Waals surface area contributed by atoms with Crippen molar-refractivity contribution in [3.63, 3.8) is 0 Å². The zero-order valence-electron chi connectivity index (χ0n) is 43.7. The summed E-state index contributed by atoms with van der Waals surface area (Å²) in [7, 11) is 5.97. The van der Waals surface area contributed by atoms with E-state index >= 15 is 0 Å². The third-order valence-corrected chi connectivity index (χ3v) is 12.5. The molecule has 65 heavy (non-hydrogen) atoms. The Labute approximate surface area is 402 Å². The van der Waals surface area contributed by atoms with E-state index < -0.39 is 24.3 Å². The number of likely N-dealkylation sites (N-methyl/N-ethyl adjacent to an activating group) is 1. The van der Waals surface area contributed by atoms with Gasteiger partial charge in [0.25, 0.3) is 6.29 Å². The normalized spacial score (nSPS) is 12.8. The number of carbonyl (C=O) groups excluding carboxylic acids is 2. The van der Waals surface area contributed by atoms with Gasteiger partial charge in [-0.25, -0.2) is 4.79 Å². The second-order valence-electron chi connectivity index (χ2n) is 20.3. The Bertz CT molecular complexity index is 1070. The van der Waals surface area contributed by atoms with E-state index in [0.29, 0.717) is 23.9 Å². The molecule has 0 aromatic heterocycles. The minimum Gasteiger partial charge on any atom is -0.477 e. The molecule has 0 aliphatic rings. The first-order valence-corrected chi connectivity index (χ1v) is 27.9. The molecular formula is C56H108NO8+. The van der Waals surface area contributed by atoms with Crippen molar-refractivity contribution in [1.29, 1.82) is 0 Å². The van der Waals surface area contributed by atoms with Crippen LogP contribution in [-0.4, -0.2) is 87.4 Å². The van der Waals surface area contributed by atoms with Gasteiger partial charge in [0.15, 0.2) is 6.10 Å². The van der Waals surface area contributed by atoms with E-state index in [1.54, 1.807) is 0 Å². The van der Waals surface area contributed by atoms with Gasteiger partial charge in [-0.2, -0.15) is 0 Å². The Morgan fingerprint density at radius 1 is 0.446 bits per heavy atom. The summed E-state index contributed by atoms with van der Waals surface area (Å²) >= 11 is 0. The molecule has 0 rings (SSSR count). The molecule has 2 atom stereocenters. The number of rotatable bonds is 52. The minimum absolute atomic E-state index is 0.179. The fraction of sp³-hybridized carbons (Fsp3) is 0.911. The quantitative estimate of drug-likeness (QED) is 0.0211. The summed E-state index contributed by atoms with van der Waals surface area (Å²) in [6.45, 7) is 4.88. The molecular weight excluding hydrogens is 815 g/mol. The molecule has 0 saturated heterocycles. The van der Waals surface area contributed by atoms with Gasteiger partial charge >= 0.3 is 17.9 Å². The molecule has 0 amide bonds. The monoisotopic (exact) mass is 923 g/mol. The number of aliphatic carboxylic acids is 1. The summed E-state index contributed by atoms with van der Waals surface area (Å²) in [6.07, 6.45) is 51.6. The number of allylic oxidation sites excluding steroid dienone is 2. The van der Waals surface area contributed by atoms with E-state index in [-0.39, 0.29) is 32.2 Å². The largest absolute Gasteiger partial charge is 0.477 e. The van der Waals surface area contributed by atoms with Crippen LogP contribution in [0.2, 0.25) is 0 Å². The van der Waals surface area contributed by atoms with Crippen LogP contribution in [0, 0.1) is 0 Å². The number of unbranched alkanes of at least 4 members (excludes halogenated alkanes) is 35. The second-order valence-corrected chi connectivity index (χ2v) is 20.3. The zero-order valence-corrected chi connectivity index (χ0v) is 43.7. The third-order valence-electron chi connectivity index (χ3n) is 12.5. The van der Waals surface area contributed by atoms with Crippen LogP contribution in [0.25, 0.3) is 0 Å². The number of carbonyl (C=O) groups is 3. The summed E-state index contributed by atoms with van der Waals surface area (Å²) in [4.78, 5) is 37.2. The van der Waals surface area contributed by atoms with Gasteiger partial charge in [-0.05, 0) is 38.5 Å². The SMILES string of the molecule is CCCCC/C=C\CCCCCCCC(=O)OC(COC(=O)CCCCCCCCCCCCCCCCCCCCCCCCCCCCCC)COC(OCC[N+](C)(C)C)C(=O)O. The van der Waals surface area contributed by atoms with Crippen molar-refractivity contribution >= 4 is 17.9 Å². The van der Waals surface area contributed by atoms with Crippen LogP contribution in [0.1, 0.15) is 271 Å². The van der Waals surface area contributed by atoms with E-state index in [1.165, 1.54) is 186 Å². The Morgan fingerprint density at radius 3 is 1.17 bits per heavy atom. The van der Waals surface area contributed by atoms with Gasteiger partial charge in [0, 0.05) is 12.8 Å². The van der Waals surface area contributed by atoms with Crippen molar-refractivity contribution in [2.45, 2.75) is 283 Å². The van der Waals surface area contributed by atoms with Crippen molar-refractivity contribution in [3.05, 3.63) is 12.2 Å². The molecule has 0 aliphatic carbocycles. The standard InChI is InChI=1S/C56H107NO8/c1-6-8-10-12-14-16-18-20-21-22-23-24-25-26-27-28-29-30-31-32-33-34-35-37-38-40-42-44-46-53(58)63-50-52(51-64-56(55(60)61)62-49-48-57(3,4)5)65-54(59)47-45-43-41-39-36-19-17-15-13-11-9-7-2/h15,17,52,56H,6-14,16,18-51H2,1-5H3/p+1/b17-15-. The number of quaternary nitrogens is 1. The van der Waals surface area contributed by atoms with Gasteiger partial charge < -0.3 is 28.5 Å². The third kappa shape index (κ3) is 49.8. The van der Waals surface area contributed by atoms with E-state index in [0.717, 1.165) is 51.4 Å². The van der Waals surface area contributed by atoms with Gasteiger partial charge in [-0.1, -0.05) is 231 Å². The van der Waals surface area contributed by atoms with E-state index in [9.17, 15) is 19.5 Å². The number of hydrogen-bond acceptors (Lipinski definition) is 7. The van der Waals surface area contributed by atoms with Crippen molar-refractivity contribution < 1.29 is 42.9 Å². The molecule has 0 fully saturated rings. The van der Waals surface area contributed by atoms with Crippen LogP contribution in [0.4, 0.5) is 0 Å². The lowest BCUT2D eigenvalue weighted by atomic mass is 10.0. The van der Waals surface area contributed by atoms with Crippen molar-refractivity contribution in [1.82, 2.24) is 0 Å². The van der Waals surface area contributed by atoms with Gasteiger partial charge in [0.2, 0.25) is 0 Å². The van der Waals surface area contributed by atoms with Crippen LogP contribution in [0.15, 0.2) is 12.2 Å². The van der Waals surface area contributed by atoms with Crippen LogP contribution < -0.4 is 0 Å². The Morgan fingerprint density at radius 2 is 0.785 bits per heavy atom. The summed E-state index contributed by atoms with van der Waals surface area (Å²) in [5.74, 6) is -2.00. The number of esters is 2. The molecule has 0 radical (unpaired) electrons. The summed E-state index contributed by atoms with van der Waals surface area (Å²) in [6, 6.07) is 0. The molecule has 0 aromatic rings. The van der Waals surface area contributed by atoms with E-state index in [1.807, 2.05) is 21.1 Å². The molecule has 9 nitrogen and oxygen atoms in total. The van der Waals surface area contributed by atoms with Gasteiger partial charge in [0.05, 0.1) is 34.4 Å². The highest BCUT2D eigenvalue weighted by molar-refractivity contribution is 5.71. The molecule has 9 heteroatoms. The Balaban J connectivity index is 4.07. The summed E-state index contributed by atoms with van der Waals surface area (Å²) in [5, 5.41) is 9.66. The summed E-state index contributed by atoms with van der Waals surface area (Å²) < 4.78 is 22.8. The highest BCUT2D eigenvalue weighted by Gasteiger charge is 2.25. The fourth-order valence-corrected chi connectivity index (χ4v) is 8.19. The number of carboxylic acids is 1. The first kappa shape index (κ1) is 63.0. The molecule has 0 aromatic carbocycles. The molecule has 0 aliphatic heterocycles. The molecule has 0 spiro atoms. The maximum absolute atomic E-state index is 12.8. The Hall–Kier alpha value is -1.97. The molecule has 0 saturated carbocycles. The average Bonchev–Trinajstić information content (AvgIpc) is 3.27. The van der Waals surface area contributed by atoms with Gasteiger partial charge in [-0.15, -0.1) is 0 Å². The first-order valence-electron chi connectivity index (χ1n) is 27.9. The molecule has 2 unspecified atom stereocenters. The fourth-order valence-electron chi connectivity index (χ4n) is 8.19. The number of hydrogen-bond donors (Lipinski definition) is 1. The number of ether oxygens (including phenoxy) is 4. The predicted octanol–water partition coefficient (Wildman–Crippen LogP) is 15.8. The van der Waals surface area contributed by atoms with E-state index in [4.69, 9.17) is 18.9 Å².